The molecule has 1 N–H and O–H groups in total. The van der Waals surface area contributed by atoms with Crippen molar-refractivity contribution < 1.29 is 14.3 Å². The zero-order valence-electron chi connectivity index (χ0n) is 17.6. The van der Waals surface area contributed by atoms with Crippen LogP contribution in [-0.4, -0.2) is 28.5 Å². The maximum atomic E-state index is 13.1. The number of hydrogen-bond acceptors (Lipinski definition) is 6. The smallest absolute Gasteiger partial charge is 0.337 e. The van der Waals surface area contributed by atoms with Gasteiger partial charge in [-0.05, 0) is 36.8 Å². The van der Waals surface area contributed by atoms with Gasteiger partial charge in [0.2, 0.25) is 5.91 Å². The van der Waals surface area contributed by atoms with Crippen molar-refractivity contribution in [2.45, 2.75) is 19.9 Å². The van der Waals surface area contributed by atoms with Crippen molar-refractivity contribution in [3.63, 3.8) is 0 Å². The highest BCUT2D eigenvalue weighted by Crippen LogP contribution is 2.30. The van der Waals surface area contributed by atoms with Gasteiger partial charge in [0.1, 0.15) is 4.83 Å². The summed E-state index contributed by atoms with van der Waals surface area (Å²) in [5.74, 6) is -0.685. The number of anilines is 1. The van der Waals surface area contributed by atoms with Gasteiger partial charge in [-0.25, -0.2) is 9.78 Å². The van der Waals surface area contributed by atoms with E-state index in [0.29, 0.717) is 21.5 Å². The molecule has 2 aromatic heterocycles. The topological polar surface area (TPSA) is 90.3 Å². The summed E-state index contributed by atoms with van der Waals surface area (Å²) in [6, 6.07) is 14.4. The first-order chi connectivity index (χ1) is 15.5. The van der Waals surface area contributed by atoms with Gasteiger partial charge in [-0.1, -0.05) is 29.8 Å². The number of thiophene rings is 1. The Kier molecular flexibility index (Phi) is 6.13. The minimum Gasteiger partial charge on any atom is -0.465 e. The number of ether oxygens (including phenoxy) is 1. The average molecular weight is 448 g/mol. The van der Waals surface area contributed by atoms with E-state index in [1.165, 1.54) is 29.3 Å². The summed E-state index contributed by atoms with van der Waals surface area (Å²) >= 11 is 1.43. The summed E-state index contributed by atoms with van der Waals surface area (Å²) in [5.41, 5.74) is 3.76. The second-order valence-corrected chi connectivity index (χ2v) is 8.16. The Labute approximate surface area is 188 Å². The predicted octanol–water partition coefficient (Wildman–Crippen LogP) is 4.25. The fourth-order valence-corrected chi connectivity index (χ4v) is 4.23. The normalized spacial score (nSPS) is 10.8. The van der Waals surface area contributed by atoms with E-state index in [4.69, 9.17) is 0 Å². The monoisotopic (exact) mass is 447 g/mol. The number of carbonyl (C=O) groups excluding carboxylic acids is 2. The first-order valence-electron chi connectivity index (χ1n) is 9.98. The van der Waals surface area contributed by atoms with Crippen molar-refractivity contribution in [2.75, 3.05) is 12.4 Å². The number of nitrogens with zero attached hydrogens (tertiary/aromatic N) is 2. The molecule has 162 valence electrons. The van der Waals surface area contributed by atoms with Crippen LogP contribution in [0.4, 0.5) is 5.69 Å². The maximum absolute atomic E-state index is 13.1. The molecule has 0 saturated carbocycles. The molecule has 0 unspecified atom stereocenters. The van der Waals surface area contributed by atoms with E-state index < -0.39 is 5.97 Å². The van der Waals surface area contributed by atoms with Crippen LogP contribution in [0.25, 0.3) is 21.3 Å². The Morgan fingerprint density at radius 2 is 1.81 bits per heavy atom. The maximum Gasteiger partial charge on any atom is 0.337 e. The molecule has 2 aromatic carbocycles. The van der Waals surface area contributed by atoms with E-state index in [9.17, 15) is 14.4 Å². The quantitative estimate of drug-likeness (QED) is 0.446. The van der Waals surface area contributed by atoms with E-state index in [1.54, 1.807) is 24.3 Å². The standard InChI is InChI=1S/C24H21N3O4S/c1-15-3-5-16(6-4-15)19-13-32-22-21(19)23(29)27(14-25-22)12-11-20(28)26-18-9-7-17(8-10-18)24(30)31-2/h3-10,13-14H,11-12H2,1-2H3,(H,26,28). The number of benzene rings is 2. The van der Waals surface area contributed by atoms with Crippen molar-refractivity contribution in [2.24, 2.45) is 0 Å². The molecule has 0 aliphatic carbocycles. The number of hydrogen-bond donors (Lipinski definition) is 1. The summed E-state index contributed by atoms with van der Waals surface area (Å²) < 4.78 is 6.12. The highest BCUT2D eigenvalue weighted by molar-refractivity contribution is 7.17. The molecule has 1 amide bonds. The molecule has 4 rings (SSSR count). The molecule has 0 atom stereocenters. The summed E-state index contributed by atoms with van der Waals surface area (Å²) in [7, 11) is 1.31. The largest absolute Gasteiger partial charge is 0.465 e. The minimum atomic E-state index is -0.441. The van der Waals surface area contributed by atoms with Crippen LogP contribution in [0.1, 0.15) is 22.3 Å². The van der Waals surface area contributed by atoms with E-state index >= 15 is 0 Å². The number of amides is 1. The predicted molar refractivity (Wildman–Crippen MR) is 125 cm³/mol. The third-order valence-electron chi connectivity index (χ3n) is 5.09. The number of rotatable bonds is 6. The summed E-state index contributed by atoms with van der Waals surface area (Å²) in [6.07, 6.45) is 1.59. The molecular formula is C24H21N3O4S. The van der Waals surface area contributed by atoms with Gasteiger partial charge < -0.3 is 10.1 Å². The Hall–Kier alpha value is -3.78. The number of esters is 1. The lowest BCUT2D eigenvalue weighted by Crippen LogP contribution is -2.23. The molecule has 4 aromatic rings. The average Bonchev–Trinajstić information content (AvgIpc) is 3.24. The van der Waals surface area contributed by atoms with Crippen LogP contribution in [0.2, 0.25) is 0 Å². The number of aryl methyl sites for hydroxylation is 2. The summed E-state index contributed by atoms with van der Waals surface area (Å²) in [6.45, 7) is 2.22. The molecule has 0 fully saturated rings. The zero-order valence-corrected chi connectivity index (χ0v) is 18.4. The molecular weight excluding hydrogens is 426 g/mol. The fraction of sp³-hybridized carbons (Fsp3) is 0.167. The van der Waals surface area contributed by atoms with Crippen LogP contribution in [-0.2, 0) is 16.1 Å². The first-order valence-corrected chi connectivity index (χ1v) is 10.9. The lowest BCUT2D eigenvalue weighted by atomic mass is 10.1. The number of carbonyl (C=O) groups is 2. The second-order valence-electron chi connectivity index (χ2n) is 7.31. The van der Waals surface area contributed by atoms with Gasteiger partial charge in [0.15, 0.2) is 0 Å². The van der Waals surface area contributed by atoms with Crippen LogP contribution in [0, 0.1) is 6.92 Å². The van der Waals surface area contributed by atoms with Crippen molar-refractivity contribution in [1.82, 2.24) is 9.55 Å². The van der Waals surface area contributed by atoms with E-state index in [2.05, 4.69) is 15.0 Å². The van der Waals surface area contributed by atoms with Crippen LogP contribution >= 0.6 is 11.3 Å². The Morgan fingerprint density at radius 1 is 1.09 bits per heavy atom. The van der Waals surface area contributed by atoms with Crippen molar-refractivity contribution >= 4 is 39.1 Å². The Morgan fingerprint density at radius 3 is 2.50 bits per heavy atom. The summed E-state index contributed by atoms with van der Waals surface area (Å²) in [5, 5.41) is 5.28. The van der Waals surface area contributed by atoms with Gasteiger partial charge in [0.25, 0.3) is 5.56 Å². The molecule has 32 heavy (non-hydrogen) atoms. The minimum absolute atomic E-state index is 0.107. The van der Waals surface area contributed by atoms with Gasteiger partial charge in [0, 0.05) is 29.6 Å². The van der Waals surface area contributed by atoms with E-state index in [0.717, 1.165) is 16.7 Å². The van der Waals surface area contributed by atoms with E-state index in [1.807, 2.05) is 36.6 Å². The van der Waals surface area contributed by atoms with Gasteiger partial charge >= 0.3 is 5.97 Å². The fourth-order valence-electron chi connectivity index (χ4n) is 3.33. The first kappa shape index (κ1) is 21.5. The van der Waals surface area contributed by atoms with E-state index in [-0.39, 0.29) is 24.4 Å². The molecule has 0 saturated heterocycles. The molecule has 0 spiro atoms. The van der Waals surface area contributed by atoms with Crippen molar-refractivity contribution in [3.05, 3.63) is 81.7 Å². The van der Waals surface area contributed by atoms with Gasteiger partial charge in [-0.3, -0.25) is 14.2 Å². The third kappa shape index (κ3) is 4.45. The lowest BCUT2D eigenvalue weighted by Gasteiger charge is -2.08. The molecule has 0 bridgehead atoms. The number of nitrogens with one attached hydrogen (secondary N) is 1. The molecule has 0 aliphatic heterocycles. The zero-order chi connectivity index (χ0) is 22.7. The van der Waals surface area contributed by atoms with Crippen LogP contribution < -0.4 is 10.9 Å². The number of aromatic nitrogens is 2. The molecule has 2 heterocycles. The highest BCUT2D eigenvalue weighted by atomic mass is 32.1. The highest BCUT2D eigenvalue weighted by Gasteiger charge is 2.14. The molecule has 7 nitrogen and oxygen atoms in total. The van der Waals surface area contributed by atoms with Crippen LogP contribution in [0.3, 0.4) is 0 Å². The van der Waals surface area contributed by atoms with Gasteiger partial charge in [-0.2, -0.15) is 0 Å². The third-order valence-corrected chi connectivity index (χ3v) is 5.98. The second kappa shape index (κ2) is 9.15. The molecule has 8 heteroatoms. The summed E-state index contributed by atoms with van der Waals surface area (Å²) in [4.78, 5) is 42.1. The van der Waals surface area contributed by atoms with Crippen LogP contribution in [0.5, 0.6) is 0 Å². The Balaban J connectivity index is 1.48. The van der Waals surface area contributed by atoms with Crippen LogP contribution in [0.15, 0.2) is 65.0 Å². The van der Waals surface area contributed by atoms with Gasteiger partial charge in [-0.15, -0.1) is 11.3 Å². The lowest BCUT2D eigenvalue weighted by molar-refractivity contribution is -0.116. The number of methoxy groups -OCH3 is 1. The number of fused-ring (bicyclic) bond motifs is 1. The Bertz CT molecular complexity index is 1340. The molecule has 0 aliphatic rings. The van der Waals surface area contributed by atoms with Crippen molar-refractivity contribution in [1.29, 1.82) is 0 Å². The van der Waals surface area contributed by atoms with Gasteiger partial charge in [0.05, 0.1) is 24.4 Å². The van der Waals surface area contributed by atoms with Crippen molar-refractivity contribution in [3.8, 4) is 11.1 Å². The SMILES string of the molecule is COC(=O)c1ccc(NC(=O)CCn2cnc3scc(-c4ccc(C)cc4)c3c2=O)cc1. The molecule has 0 radical (unpaired) electrons.